The van der Waals surface area contributed by atoms with E-state index in [2.05, 4.69) is 4.72 Å². The highest BCUT2D eigenvalue weighted by Gasteiger charge is 2.31. The molecule has 0 aliphatic carbocycles. The highest BCUT2D eigenvalue weighted by Crippen LogP contribution is 2.18. The summed E-state index contributed by atoms with van der Waals surface area (Å²) in [6.07, 6.45) is 1.29. The van der Waals surface area contributed by atoms with Crippen LogP contribution in [0.2, 0.25) is 0 Å². The first-order valence-corrected chi connectivity index (χ1v) is 11.2. The monoisotopic (exact) mass is 425 g/mol. The molecule has 2 fully saturated rings. The van der Waals surface area contributed by atoms with Gasteiger partial charge in [-0.05, 0) is 31.0 Å². The molecule has 0 spiro atoms. The third kappa shape index (κ3) is 5.33. The lowest BCUT2D eigenvalue weighted by molar-refractivity contribution is -0.142. The van der Waals surface area contributed by atoms with E-state index in [0.29, 0.717) is 38.3 Å². The highest BCUT2D eigenvalue weighted by atomic mass is 32.2. The normalized spacial score (nSPS) is 20.1. The van der Waals surface area contributed by atoms with Crippen molar-refractivity contribution in [1.82, 2.24) is 14.5 Å². The summed E-state index contributed by atoms with van der Waals surface area (Å²) in [7, 11) is -2.23. The lowest BCUT2D eigenvalue weighted by atomic mass is 10.1. The van der Waals surface area contributed by atoms with Crippen molar-refractivity contribution in [2.45, 2.75) is 23.8 Å². The summed E-state index contributed by atoms with van der Waals surface area (Å²) < 4.78 is 37.4. The van der Waals surface area contributed by atoms with Crippen molar-refractivity contribution < 1.29 is 27.5 Å². The van der Waals surface area contributed by atoms with Gasteiger partial charge in [-0.15, -0.1) is 0 Å². The van der Waals surface area contributed by atoms with E-state index in [1.54, 1.807) is 21.9 Å². The minimum Gasteiger partial charge on any atom is -0.383 e. The Labute approximate surface area is 171 Å². The van der Waals surface area contributed by atoms with Gasteiger partial charge in [-0.1, -0.05) is 6.07 Å². The number of amides is 2. The van der Waals surface area contributed by atoms with Crippen molar-refractivity contribution in [2.75, 3.05) is 53.0 Å². The summed E-state index contributed by atoms with van der Waals surface area (Å²) in [5, 5.41) is 0. The van der Waals surface area contributed by atoms with E-state index in [0.717, 1.165) is 12.8 Å². The Morgan fingerprint density at radius 1 is 1.21 bits per heavy atom. The molecule has 0 bridgehead atoms. The third-order valence-corrected chi connectivity index (χ3v) is 6.53. The number of carbonyl (C=O) groups excluding carboxylic acids is 2. The summed E-state index contributed by atoms with van der Waals surface area (Å²) in [5.41, 5.74) is 0.304. The van der Waals surface area contributed by atoms with Gasteiger partial charge in [0.05, 0.1) is 11.5 Å². The molecule has 3 rings (SSSR count). The Bertz CT molecular complexity index is 830. The first kappa shape index (κ1) is 21.7. The molecule has 2 heterocycles. The molecule has 1 aromatic rings. The van der Waals surface area contributed by atoms with Crippen LogP contribution in [-0.4, -0.2) is 89.2 Å². The lowest BCUT2D eigenvalue weighted by Crippen LogP contribution is -2.52. The van der Waals surface area contributed by atoms with Crippen LogP contribution in [0, 0.1) is 0 Å². The Hall–Kier alpha value is -2.01. The maximum atomic E-state index is 12.8. The molecule has 29 heavy (non-hydrogen) atoms. The quantitative estimate of drug-likeness (QED) is 0.620. The molecule has 160 valence electrons. The van der Waals surface area contributed by atoms with Crippen LogP contribution in [0.3, 0.4) is 0 Å². The molecule has 2 amide bonds. The molecule has 0 aromatic heterocycles. The van der Waals surface area contributed by atoms with E-state index in [1.165, 1.54) is 19.2 Å². The van der Waals surface area contributed by atoms with Gasteiger partial charge in [-0.2, -0.15) is 0 Å². The van der Waals surface area contributed by atoms with Crippen molar-refractivity contribution in [2.24, 2.45) is 0 Å². The second kappa shape index (κ2) is 9.66. The Kier molecular flexibility index (Phi) is 7.23. The number of methoxy groups -OCH3 is 1. The fourth-order valence-corrected chi connectivity index (χ4v) is 4.50. The van der Waals surface area contributed by atoms with Crippen LogP contribution in [0.25, 0.3) is 0 Å². The molecule has 1 atom stereocenters. The number of sulfonamides is 1. The first-order valence-electron chi connectivity index (χ1n) is 9.71. The summed E-state index contributed by atoms with van der Waals surface area (Å²) in [5.74, 6) is -0.257. The Morgan fingerprint density at radius 2 is 1.93 bits per heavy atom. The molecule has 2 saturated heterocycles. The average Bonchev–Trinajstić information content (AvgIpc) is 3.28. The fraction of sp³-hybridized carbons (Fsp3) is 0.579. The van der Waals surface area contributed by atoms with Crippen LogP contribution in [0.5, 0.6) is 0 Å². The van der Waals surface area contributed by atoms with Gasteiger partial charge in [0.1, 0.15) is 6.10 Å². The van der Waals surface area contributed by atoms with E-state index in [9.17, 15) is 18.0 Å². The third-order valence-electron chi connectivity index (χ3n) is 5.07. The SMILES string of the molecule is COCCNS(=O)(=O)c1cccc(C(=O)N2CCN(C(=O)C3CCCO3)CC2)c1. The number of carbonyl (C=O) groups is 2. The Balaban J connectivity index is 1.60. The molecular weight excluding hydrogens is 398 g/mol. The summed E-state index contributed by atoms with van der Waals surface area (Å²) >= 11 is 0. The van der Waals surface area contributed by atoms with Crippen LogP contribution >= 0.6 is 0 Å². The molecule has 1 unspecified atom stereocenters. The maximum absolute atomic E-state index is 12.8. The van der Waals surface area contributed by atoms with Crippen molar-refractivity contribution in [3.63, 3.8) is 0 Å². The zero-order valence-corrected chi connectivity index (χ0v) is 17.3. The second-order valence-electron chi connectivity index (χ2n) is 7.04. The van der Waals surface area contributed by atoms with E-state index in [4.69, 9.17) is 9.47 Å². The van der Waals surface area contributed by atoms with Gasteiger partial charge >= 0.3 is 0 Å². The molecule has 2 aliphatic rings. The van der Waals surface area contributed by atoms with E-state index >= 15 is 0 Å². The van der Waals surface area contributed by atoms with Crippen LogP contribution in [0.1, 0.15) is 23.2 Å². The number of nitrogens with zero attached hydrogens (tertiary/aromatic N) is 2. The molecule has 10 heteroatoms. The van der Waals surface area contributed by atoms with E-state index < -0.39 is 10.0 Å². The Morgan fingerprint density at radius 3 is 2.59 bits per heavy atom. The van der Waals surface area contributed by atoms with Gasteiger partial charge in [0.25, 0.3) is 11.8 Å². The van der Waals surface area contributed by atoms with Crippen molar-refractivity contribution >= 4 is 21.8 Å². The summed E-state index contributed by atoms with van der Waals surface area (Å²) in [4.78, 5) is 28.7. The molecule has 9 nitrogen and oxygen atoms in total. The number of piperazine rings is 1. The zero-order valence-electron chi connectivity index (χ0n) is 16.5. The molecule has 0 radical (unpaired) electrons. The second-order valence-corrected chi connectivity index (χ2v) is 8.80. The molecule has 0 saturated carbocycles. The van der Waals surface area contributed by atoms with Crippen molar-refractivity contribution in [1.29, 1.82) is 0 Å². The fourth-order valence-electron chi connectivity index (χ4n) is 3.45. The number of hydrogen-bond donors (Lipinski definition) is 1. The minimum absolute atomic E-state index is 0.00942. The predicted octanol–water partition coefficient (Wildman–Crippen LogP) is 0.0747. The van der Waals surface area contributed by atoms with Crippen LogP contribution < -0.4 is 4.72 Å². The lowest BCUT2D eigenvalue weighted by Gasteiger charge is -2.35. The van der Waals surface area contributed by atoms with Gasteiger partial charge in [0.15, 0.2) is 0 Å². The van der Waals surface area contributed by atoms with E-state index in [1.807, 2.05) is 0 Å². The number of ether oxygens (including phenoxy) is 2. The summed E-state index contributed by atoms with van der Waals surface area (Å²) in [6.45, 7) is 2.72. The number of hydrogen-bond acceptors (Lipinski definition) is 6. The topological polar surface area (TPSA) is 105 Å². The van der Waals surface area contributed by atoms with Crippen molar-refractivity contribution in [3.8, 4) is 0 Å². The molecule has 2 aliphatic heterocycles. The number of rotatable bonds is 7. The van der Waals surface area contributed by atoms with Crippen molar-refractivity contribution in [3.05, 3.63) is 29.8 Å². The van der Waals surface area contributed by atoms with Gasteiger partial charge in [0.2, 0.25) is 10.0 Å². The van der Waals surface area contributed by atoms with Gasteiger partial charge in [-0.3, -0.25) is 9.59 Å². The highest BCUT2D eigenvalue weighted by molar-refractivity contribution is 7.89. The van der Waals surface area contributed by atoms with Crippen LogP contribution in [0.4, 0.5) is 0 Å². The first-order chi connectivity index (χ1) is 13.9. The van der Waals surface area contributed by atoms with Gasteiger partial charge in [0, 0.05) is 52.0 Å². The van der Waals surface area contributed by atoms with E-state index in [-0.39, 0.29) is 36.0 Å². The maximum Gasteiger partial charge on any atom is 0.254 e. The molecule has 1 N–H and O–H groups in total. The standard InChI is InChI=1S/C19H27N3O6S/c1-27-13-7-20-29(25,26)16-5-2-4-15(14-16)18(23)21-8-10-22(11-9-21)19(24)17-6-3-12-28-17/h2,4-5,14,17,20H,3,6-13H2,1H3. The van der Waals surface area contributed by atoms with Crippen LogP contribution in [0.15, 0.2) is 29.2 Å². The van der Waals surface area contributed by atoms with Crippen LogP contribution in [-0.2, 0) is 24.3 Å². The number of benzene rings is 1. The molecule has 1 aromatic carbocycles. The van der Waals surface area contributed by atoms with Gasteiger partial charge in [-0.25, -0.2) is 13.1 Å². The molecular formula is C19H27N3O6S. The smallest absolute Gasteiger partial charge is 0.254 e. The number of nitrogens with one attached hydrogen (secondary N) is 1. The van der Waals surface area contributed by atoms with Gasteiger partial charge < -0.3 is 19.3 Å². The minimum atomic E-state index is -3.72. The predicted molar refractivity (Wildman–Crippen MR) is 105 cm³/mol. The zero-order chi connectivity index (χ0) is 20.9. The summed E-state index contributed by atoms with van der Waals surface area (Å²) in [6, 6.07) is 5.97. The average molecular weight is 426 g/mol. The largest absolute Gasteiger partial charge is 0.383 e.